The third-order valence-corrected chi connectivity index (χ3v) is 5.05. The second-order valence-corrected chi connectivity index (χ2v) is 7.93. The first kappa shape index (κ1) is 17.5. The van der Waals surface area contributed by atoms with Gasteiger partial charge in [0.05, 0.1) is 21.9 Å². The maximum absolute atomic E-state index is 12.7. The van der Waals surface area contributed by atoms with Crippen molar-refractivity contribution in [1.29, 1.82) is 0 Å². The topological polar surface area (TPSA) is 92.8 Å². The highest BCUT2D eigenvalue weighted by Gasteiger charge is 2.28. The zero-order valence-electron chi connectivity index (χ0n) is 13.2. The van der Waals surface area contributed by atoms with Gasteiger partial charge in [-0.05, 0) is 55.0 Å². The molecular formula is C17H14BrN3O3S. The van der Waals surface area contributed by atoms with E-state index < -0.39 is 10.0 Å². The van der Waals surface area contributed by atoms with Crippen LogP contribution in [0.15, 0.2) is 68.6 Å². The van der Waals surface area contributed by atoms with Crippen molar-refractivity contribution in [3.8, 4) is 0 Å². The lowest BCUT2D eigenvalue weighted by molar-refractivity contribution is -0.114. The minimum absolute atomic E-state index is 0.0199. The molecule has 0 bridgehead atoms. The molecule has 128 valence electrons. The molecule has 0 aromatic heterocycles. The zero-order chi connectivity index (χ0) is 18.2. The summed E-state index contributed by atoms with van der Waals surface area (Å²) in [7, 11) is -3.78. The van der Waals surface area contributed by atoms with Crippen molar-refractivity contribution in [2.75, 3.05) is 5.01 Å². The molecule has 1 aliphatic rings. The van der Waals surface area contributed by atoms with Gasteiger partial charge in [0.2, 0.25) is 10.0 Å². The van der Waals surface area contributed by atoms with Gasteiger partial charge in [-0.2, -0.15) is 10.1 Å². The van der Waals surface area contributed by atoms with Crippen LogP contribution >= 0.6 is 15.9 Å². The molecule has 3 rings (SSSR count). The van der Waals surface area contributed by atoms with E-state index in [1.807, 2.05) is 24.3 Å². The van der Waals surface area contributed by atoms with Crippen LogP contribution < -0.4 is 10.1 Å². The Labute approximate surface area is 153 Å². The molecule has 25 heavy (non-hydrogen) atoms. The molecule has 0 spiro atoms. The number of nitrogens with zero attached hydrogens (tertiary/aromatic N) is 2. The van der Waals surface area contributed by atoms with Gasteiger partial charge in [-0.3, -0.25) is 4.79 Å². The first-order valence-electron chi connectivity index (χ1n) is 7.26. The smallest absolute Gasteiger partial charge is 0.267 e. The van der Waals surface area contributed by atoms with Crippen molar-refractivity contribution >= 4 is 49.3 Å². The standard InChI is InChI=1S/C17H14BrN3O3S/c1-11-16(10-12-3-2-4-13(18)9-12)17(22)21(20-11)14-5-7-15(8-6-14)25(19,23)24/h2-10H,1H3,(H2,19,23,24)/b16-10-. The van der Waals surface area contributed by atoms with Gasteiger partial charge in [0.15, 0.2) is 0 Å². The van der Waals surface area contributed by atoms with Crippen LogP contribution in [0.5, 0.6) is 0 Å². The summed E-state index contributed by atoms with van der Waals surface area (Å²) in [6.45, 7) is 1.75. The Balaban J connectivity index is 1.92. The number of rotatable bonds is 3. The zero-order valence-corrected chi connectivity index (χ0v) is 15.6. The maximum atomic E-state index is 12.7. The summed E-state index contributed by atoms with van der Waals surface area (Å²) in [6, 6.07) is 13.3. The Kier molecular flexibility index (Phi) is 4.59. The van der Waals surface area contributed by atoms with Crippen LogP contribution in [0.3, 0.4) is 0 Å². The summed E-state index contributed by atoms with van der Waals surface area (Å²) in [6.07, 6.45) is 1.77. The molecule has 6 nitrogen and oxygen atoms in total. The van der Waals surface area contributed by atoms with Crippen molar-refractivity contribution < 1.29 is 13.2 Å². The average Bonchev–Trinajstić information content (AvgIpc) is 2.82. The number of hydrogen-bond donors (Lipinski definition) is 1. The van der Waals surface area contributed by atoms with Crippen molar-refractivity contribution in [3.05, 3.63) is 64.1 Å². The largest absolute Gasteiger partial charge is 0.280 e. The fraction of sp³-hybridized carbons (Fsp3) is 0.0588. The Morgan fingerprint density at radius 3 is 2.44 bits per heavy atom. The fourth-order valence-corrected chi connectivity index (χ4v) is 3.33. The van der Waals surface area contributed by atoms with E-state index in [0.717, 1.165) is 10.0 Å². The van der Waals surface area contributed by atoms with Gasteiger partial charge in [-0.15, -0.1) is 0 Å². The van der Waals surface area contributed by atoms with E-state index in [1.165, 1.54) is 29.3 Å². The average molecular weight is 420 g/mol. The summed E-state index contributed by atoms with van der Waals surface area (Å²) in [4.78, 5) is 12.7. The molecule has 2 N–H and O–H groups in total. The molecular weight excluding hydrogens is 406 g/mol. The van der Waals surface area contributed by atoms with E-state index in [0.29, 0.717) is 17.0 Å². The highest BCUT2D eigenvalue weighted by atomic mass is 79.9. The molecule has 2 aromatic rings. The number of amides is 1. The van der Waals surface area contributed by atoms with Crippen LogP contribution in [0.2, 0.25) is 0 Å². The van der Waals surface area contributed by atoms with Crippen molar-refractivity contribution in [3.63, 3.8) is 0 Å². The second kappa shape index (κ2) is 6.55. The highest BCUT2D eigenvalue weighted by Crippen LogP contribution is 2.26. The minimum atomic E-state index is -3.78. The molecule has 1 aliphatic heterocycles. The molecule has 0 unspecified atom stereocenters. The van der Waals surface area contributed by atoms with Gasteiger partial charge < -0.3 is 0 Å². The van der Waals surface area contributed by atoms with E-state index in [2.05, 4.69) is 21.0 Å². The molecule has 8 heteroatoms. The van der Waals surface area contributed by atoms with Gasteiger partial charge in [0, 0.05) is 4.47 Å². The van der Waals surface area contributed by atoms with Gasteiger partial charge in [-0.1, -0.05) is 28.1 Å². The predicted molar refractivity (Wildman–Crippen MR) is 101 cm³/mol. The van der Waals surface area contributed by atoms with Crippen LogP contribution in [0.4, 0.5) is 5.69 Å². The number of halogens is 1. The first-order chi connectivity index (χ1) is 11.8. The monoisotopic (exact) mass is 419 g/mol. The summed E-state index contributed by atoms with van der Waals surface area (Å²) < 4.78 is 23.6. The third-order valence-electron chi connectivity index (χ3n) is 3.63. The van der Waals surface area contributed by atoms with Gasteiger partial charge in [-0.25, -0.2) is 13.6 Å². The quantitative estimate of drug-likeness (QED) is 0.774. The van der Waals surface area contributed by atoms with E-state index in [1.54, 1.807) is 13.0 Å². The van der Waals surface area contributed by atoms with Crippen LogP contribution in [0.1, 0.15) is 12.5 Å². The van der Waals surface area contributed by atoms with Gasteiger partial charge in [0.1, 0.15) is 0 Å². The molecule has 2 aromatic carbocycles. The Morgan fingerprint density at radius 2 is 1.84 bits per heavy atom. The number of sulfonamides is 1. The van der Waals surface area contributed by atoms with E-state index >= 15 is 0 Å². The van der Waals surface area contributed by atoms with Crippen LogP contribution in [-0.2, 0) is 14.8 Å². The fourth-order valence-electron chi connectivity index (χ4n) is 2.40. The number of nitrogens with two attached hydrogens (primary N) is 1. The van der Waals surface area contributed by atoms with Crippen LogP contribution in [0, 0.1) is 0 Å². The molecule has 0 atom stereocenters. The third kappa shape index (κ3) is 3.71. The number of carbonyl (C=O) groups is 1. The number of hydrazone groups is 1. The summed E-state index contributed by atoms with van der Waals surface area (Å²) in [5, 5.41) is 10.6. The summed E-state index contributed by atoms with van der Waals surface area (Å²) >= 11 is 3.40. The van der Waals surface area contributed by atoms with Crippen molar-refractivity contribution in [1.82, 2.24) is 0 Å². The van der Waals surface area contributed by atoms with Gasteiger partial charge >= 0.3 is 0 Å². The maximum Gasteiger partial charge on any atom is 0.280 e. The number of primary sulfonamides is 1. The second-order valence-electron chi connectivity index (χ2n) is 5.45. The lowest BCUT2D eigenvalue weighted by atomic mass is 10.1. The SMILES string of the molecule is CC1=NN(c2ccc(S(N)(=O)=O)cc2)C(=O)/C1=C\c1cccc(Br)c1. The number of hydrogen-bond acceptors (Lipinski definition) is 4. The lowest BCUT2D eigenvalue weighted by Crippen LogP contribution is -2.21. The molecule has 0 saturated carbocycles. The van der Waals surface area contributed by atoms with Crippen LogP contribution in [0.25, 0.3) is 6.08 Å². The molecule has 1 heterocycles. The molecule has 0 saturated heterocycles. The molecule has 0 fully saturated rings. The molecule has 1 amide bonds. The summed E-state index contributed by atoms with van der Waals surface area (Å²) in [5.41, 5.74) is 2.40. The van der Waals surface area contributed by atoms with Crippen molar-refractivity contribution in [2.24, 2.45) is 10.2 Å². The Morgan fingerprint density at radius 1 is 1.16 bits per heavy atom. The normalized spacial score (nSPS) is 16.4. The highest BCUT2D eigenvalue weighted by molar-refractivity contribution is 9.10. The predicted octanol–water partition coefficient (Wildman–Crippen LogP) is 2.90. The van der Waals surface area contributed by atoms with E-state index in [4.69, 9.17) is 5.14 Å². The summed E-state index contributed by atoms with van der Waals surface area (Å²) in [5.74, 6) is -0.277. The van der Waals surface area contributed by atoms with Crippen LogP contribution in [-0.4, -0.2) is 20.0 Å². The Hall–Kier alpha value is -2.29. The van der Waals surface area contributed by atoms with E-state index in [9.17, 15) is 13.2 Å². The first-order valence-corrected chi connectivity index (χ1v) is 9.60. The molecule has 0 radical (unpaired) electrons. The van der Waals surface area contributed by atoms with Gasteiger partial charge in [0.25, 0.3) is 5.91 Å². The minimum Gasteiger partial charge on any atom is -0.267 e. The Bertz CT molecular complexity index is 1010. The number of carbonyl (C=O) groups excluding carboxylic acids is 1. The lowest BCUT2D eigenvalue weighted by Gasteiger charge is -2.12. The number of anilines is 1. The van der Waals surface area contributed by atoms with Crippen molar-refractivity contribution in [2.45, 2.75) is 11.8 Å². The van der Waals surface area contributed by atoms with E-state index in [-0.39, 0.29) is 10.8 Å². The number of benzene rings is 2. The molecule has 0 aliphatic carbocycles.